The van der Waals surface area contributed by atoms with Gasteiger partial charge in [0.1, 0.15) is 12.4 Å². The Labute approximate surface area is 126 Å². The Kier molecular flexibility index (Phi) is 5.85. The van der Waals surface area contributed by atoms with Gasteiger partial charge in [-0.25, -0.2) is 0 Å². The highest BCUT2D eigenvalue weighted by Gasteiger charge is 2.04. The van der Waals surface area contributed by atoms with E-state index in [1.165, 1.54) is 0 Å². The third-order valence-corrected chi connectivity index (χ3v) is 3.12. The van der Waals surface area contributed by atoms with Crippen LogP contribution in [-0.4, -0.2) is 13.7 Å². The van der Waals surface area contributed by atoms with E-state index in [2.05, 4.69) is 30.1 Å². The fraction of sp³-hybridized carbons (Fsp3) is 0.222. The van der Waals surface area contributed by atoms with Gasteiger partial charge in [0.2, 0.25) is 0 Å². The third kappa shape index (κ3) is 4.36. The molecule has 0 radical (unpaired) electrons. The van der Waals surface area contributed by atoms with Crippen molar-refractivity contribution in [2.24, 2.45) is 0 Å². The van der Waals surface area contributed by atoms with E-state index < -0.39 is 0 Å². The molecule has 0 aromatic heterocycles. The van der Waals surface area contributed by atoms with Gasteiger partial charge in [-0.1, -0.05) is 49.1 Å². The van der Waals surface area contributed by atoms with Crippen LogP contribution in [0.5, 0.6) is 5.75 Å². The Bertz CT molecular complexity index is 581. The number of methoxy groups -OCH3 is 1. The van der Waals surface area contributed by atoms with E-state index >= 15 is 0 Å². The van der Waals surface area contributed by atoms with Gasteiger partial charge in [0.25, 0.3) is 0 Å². The van der Waals surface area contributed by atoms with Gasteiger partial charge in [0, 0.05) is 30.5 Å². The molecule has 1 N–H and O–H groups in total. The van der Waals surface area contributed by atoms with Crippen molar-refractivity contribution >= 4 is 5.69 Å². The van der Waals surface area contributed by atoms with E-state index in [9.17, 15) is 0 Å². The Morgan fingerprint density at radius 3 is 2.52 bits per heavy atom. The van der Waals surface area contributed by atoms with Crippen LogP contribution >= 0.6 is 0 Å². The lowest BCUT2D eigenvalue weighted by Gasteiger charge is -2.14. The Hall–Kier alpha value is -2.26. The molecule has 0 fully saturated rings. The van der Waals surface area contributed by atoms with Gasteiger partial charge in [-0.3, -0.25) is 0 Å². The van der Waals surface area contributed by atoms with Crippen molar-refractivity contribution in [3.8, 4) is 5.75 Å². The average Bonchev–Trinajstić information content (AvgIpc) is 2.53. The van der Waals surface area contributed by atoms with E-state index in [0.29, 0.717) is 19.8 Å². The number of benzene rings is 2. The second-order valence-corrected chi connectivity index (χ2v) is 4.65. The molecule has 110 valence electrons. The van der Waals surface area contributed by atoms with Crippen LogP contribution in [0.1, 0.15) is 11.1 Å². The summed E-state index contributed by atoms with van der Waals surface area (Å²) in [6.07, 6.45) is 1.75. The largest absolute Gasteiger partial charge is 0.489 e. The zero-order valence-electron chi connectivity index (χ0n) is 12.3. The minimum Gasteiger partial charge on any atom is -0.489 e. The molecule has 2 rings (SSSR count). The first kappa shape index (κ1) is 15.1. The Morgan fingerprint density at radius 2 is 1.76 bits per heavy atom. The van der Waals surface area contributed by atoms with Crippen molar-refractivity contribution in [1.29, 1.82) is 0 Å². The summed E-state index contributed by atoms with van der Waals surface area (Å²) in [6.45, 7) is 5.49. The molecular weight excluding hydrogens is 262 g/mol. The monoisotopic (exact) mass is 283 g/mol. The number of rotatable bonds is 8. The van der Waals surface area contributed by atoms with Gasteiger partial charge in [-0.15, -0.1) is 0 Å². The second-order valence-electron chi connectivity index (χ2n) is 4.65. The Morgan fingerprint density at radius 1 is 1.05 bits per heavy atom. The standard InChI is InChI=1S/C18H21NO2/c1-3-12-21-18-11-7-5-8-15(18)13-19-17-10-6-4-9-16(17)14-20-2/h3-11,19H,1,12-14H2,2H3. The SMILES string of the molecule is C=CCOc1ccccc1CNc1ccccc1COC. The molecule has 2 aromatic rings. The highest BCUT2D eigenvalue weighted by atomic mass is 16.5. The van der Waals surface area contributed by atoms with Gasteiger partial charge in [-0.2, -0.15) is 0 Å². The molecule has 3 heteroatoms. The van der Waals surface area contributed by atoms with Crippen LogP contribution in [0, 0.1) is 0 Å². The lowest BCUT2D eigenvalue weighted by atomic mass is 10.1. The number of anilines is 1. The van der Waals surface area contributed by atoms with Gasteiger partial charge in [0.15, 0.2) is 0 Å². The van der Waals surface area contributed by atoms with Crippen LogP contribution in [0.15, 0.2) is 61.2 Å². The smallest absolute Gasteiger partial charge is 0.124 e. The van der Waals surface area contributed by atoms with E-state index in [1.807, 2.05) is 30.3 Å². The number of para-hydroxylation sites is 2. The quantitative estimate of drug-likeness (QED) is 0.742. The molecule has 0 atom stereocenters. The maximum absolute atomic E-state index is 5.67. The summed E-state index contributed by atoms with van der Waals surface area (Å²) in [5.41, 5.74) is 3.34. The molecule has 0 bridgehead atoms. The minimum absolute atomic E-state index is 0.511. The van der Waals surface area contributed by atoms with Crippen LogP contribution in [0.25, 0.3) is 0 Å². The molecule has 3 nitrogen and oxygen atoms in total. The molecule has 0 unspecified atom stereocenters. The first-order chi connectivity index (χ1) is 10.3. The van der Waals surface area contributed by atoms with Crippen LogP contribution in [-0.2, 0) is 17.9 Å². The van der Waals surface area contributed by atoms with Crippen LogP contribution in [0.2, 0.25) is 0 Å². The zero-order chi connectivity index (χ0) is 14.9. The van der Waals surface area contributed by atoms with E-state index in [-0.39, 0.29) is 0 Å². The number of ether oxygens (including phenoxy) is 2. The fourth-order valence-corrected chi connectivity index (χ4v) is 2.10. The summed E-state index contributed by atoms with van der Waals surface area (Å²) in [5.74, 6) is 0.883. The number of hydrogen-bond acceptors (Lipinski definition) is 3. The molecule has 0 aliphatic carbocycles. The van der Waals surface area contributed by atoms with Crippen molar-refractivity contribution in [2.75, 3.05) is 19.0 Å². The van der Waals surface area contributed by atoms with E-state index in [0.717, 1.165) is 22.6 Å². The average molecular weight is 283 g/mol. The van der Waals surface area contributed by atoms with Crippen molar-refractivity contribution in [1.82, 2.24) is 0 Å². The van der Waals surface area contributed by atoms with Crippen LogP contribution in [0.3, 0.4) is 0 Å². The van der Waals surface area contributed by atoms with Gasteiger partial charge in [-0.05, 0) is 12.1 Å². The molecule has 0 aliphatic rings. The maximum Gasteiger partial charge on any atom is 0.124 e. The topological polar surface area (TPSA) is 30.5 Å². The number of hydrogen-bond donors (Lipinski definition) is 1. The van der Waals surface area contributed by atoms with Crippen molar-refractivity contribution in [3.05, 3.63) is 72.3 Å². The summed E-state index contributed by atoms with van der Waals surface area (Å²) < 4.78 is 10.9. The van der Waals surface area contributed by atoms with Crippen LogP contribution < -0.4 is 10.1 Å². The van der Waals surface area contributed by atoms with Gasteiger partial charge < -0.3 is 14.8 Å². The summed E-state index contributed by atoms with van der Waals surface area (Å²) >= 11 is 0. The summed E-state index contributed by atoms with van der Waals surface area (Å²) in [5, 5.41) is 3.45. The third-order valence-electron chi connectivity index (χ3n) is 3.12. The van der Waals surface area contributed by atoms with Gasteiger partial charge >= 0.3 is 0 Å². The lowest BCUT2D eigenvalue weighted by molar-refractivity contribution is 0.185. The molecule has 0 amide bonds. The van der Waals surface area contributed by atoms with E-state index in [4.69, 9.17) is 9.47 Å². The predicted molar refractivity (Wildman–Crippen MR) is 86.6 cm³/mol. The van der Waals surface area contributed by atoms with Gasteiger partial charge in [0.05, 0.1) is 6.61 Å². The molecule has 0 spiro atoms. The van der Waals surface area contributed by atoms with Crippen molar-refractivity contribution in [2.45, 2.75) is 13.2 Å². The molecule has 21 heavy (non-hydrogen) atoms. The van der Waals surface area contributed by atoms with Crippen molar-refractivity contribution < 1.29 is 9.47 Å². The highest BCUT2D eigenvalue weighted by Crippen LogP contribution is 2.21. The van der Waals surface area contributed by atoms with Crippen molar-refractivity contribution in [3.63, 3.8) is 0 Å². The van der Waals surface area contributed by atoms with Crippen LogP contribution in [0.4, 0.5) is 5.69 Å². The lowest BCUT2D eigenvalue weighted by Crippen LogP contribution is -2.05. The summed E-state index contributed by atoms with van der Waals surface area (Å²) in [4.78, 5) is 0. The minimum atomic E-state index is 0.511. The molecule has 0 saturated carbocycles. The molecule has 2 aromatic carbocycles. The first-order valence-electron chi connectivity index (χ1n) is 6.97. The molecular formula is C18H21NO2. The highest BCUT2D eigenvalue weighted by molar-refractivity contribution is 5.51. The normalized spacial score (nSPS) is 10.1. The van der Waals surface area contributed by atoms with E-state index in [1.54, 1.807) is 13.2 Å². The summed E-state index contributed by atoms with van der Waals surface area (Å²) in [6, 6.07) is 16.2. The molecule has 0 heterocycles. The first-order valence-corrected chi connectivity index (χ1v) is 6.97. The molecule has 0 aliphatic heterocycles. The fourth-order valence-electron chi connectivity index (χ4n) is 2.10. The maximum atomic E-state index is 5.67. The Balaban J connectivity index is 2.08. The second kappa shape index (κ2) is 8.12. The predicted octanol–water partition coefficient (Wildman–Crippen LogP) is 4.01. The summed E-state index contributed by atoms with van der Waals surface area (Å²) in [7, 11) is 1.70. The molecule has 0 saturated heterocycles. The number of nitrogens with one attached hydrogen (secondary N) is 1. The zero-order valence-corrected chi connectivity index (χ0v) is 12.3.